The topological polar surface area (TPSA) is 69.7 Å². The maximum atomic E-state index is 12.8. The molecule has 29 heavy (non-hydrogen) atoms. The van der Waals surface area contributed by atoms with E-state index < -0.39 is 10.0 Å². The molecule has 1 amide bonds. The van der Waals surface area contributed by atoms with E-state index >= 15 is 0 Å². The van der Waals surface area contributed by atoms with Crippen LogP contribution in [0.1, 0.15) is 0 Å². The van der Waals surface area contributed by atoms with Crippen molar-refractivity contribution < 1.29 is 13.2 Å². The molecule has 152 valence electrons. The second-order valence-electron chi connectivity index (χ2n) is 6.88. The summed E-state index contributed by atoms with van der Waals surface area (Å²) < 4.78 is 26.7. The monoisotopic (exact) mass is 411 g/mol. The molecule has 3 aromatic carbocycles. The van der Waals surface area contributed by atoms with Gasteiger partial charge in [-0.05, 0) is 35.0 Å². The lowest BCUT2D eigenvalue weighted by molar-refractivity contribution is -0.121. The number of hydrogen-bond acceptors (Lipinski definition) is 4. The third-order valence-corrected chi connectivity index (χ3v) is 6.56. The Balaban J connectivity index is 1.56. The Morgan fingerprint density at radius 3 is 2.28 bits per heavy atom. The lowest BCUT2D eigenvalue weighted by Gasteiger charge is -2.20. The molecule has 0 atom stereocenters. The summed E-state index contributed by atoms with van der Waals surface area (Å²) in [6, 6.07) is 22.4. The Bertz CT molecular complexity index is 1080. The van der Waals surface area contributed by atoms with E-state index in [-0.39, 0.29) is 17.3 Å². The van der Waals surface area contributed by atoms with Gasteiger partial charge in [0.2, 0.25) is 15.9 Å². The smallest absolute Gasteiger partial charge is 0.243 e. The van der Waals surface area contributed by atoms with Gasteiger partial charge in [-0.2, -0.15) is 4.31 Å². The number of rotatable bonds is 8. The van der Waals surface area contributed by atoms with Crippen LogP contribution in [0, 0.1) is 0 Å². The van der Waals surface area contributed by atoms with E-state index in [4.69, 9.17) is 0 Å². The maximum absolute atomic E-state index is 12.8. The molecule has 0 saturated heterocycles. The fraction of sp³-hybridized carbons (Fsp3) is 0.227. The highest BCUT2D eigenvalue weighted by Crippen LogP contribution is 2.21. The normalized spacial score (nSPS) is 11.6. The molecule has 0 aliphatic rings. The molecular weight excluding hydrogens is 386 g/mol. The predicted octanol–water partition coefficient (Wildman–Crippen LogP) is 2.71. The average Bonchev–Trinajstić information content (AvgIpc) is 2.73. The number of amides is 1. The zero-order valence-electron chi connectivity index (χ0n) is 16.6. The Hall–Kier alpha value is -2.90. The van der Waals surface area contributed by atoms with Crippen LogP contribution in [0.3, 0.4) is 0 Å². The van der Waals surface area contributed by atoms with Gasteiger partial charge in [-0.15, -0.1) is 0 Å². The van der Waals surface area contributed by atoms with Crippen molar-refractivity contribution in [3.8, 4) is 0 Å². The highest BCUT2D eigenvalue weighted by atomic mass is 32.2. The predicted molar refractivity (Wildman–Crippen MR) is 116 cm³/mol. The van der Waals surface area contributed by atoms with Crippen molar-refractivity contribution in [2.45, 2.75) is 4.90 Å². The molecule has 3 rings (SSSR count). The van der Waals surface area contributed by atoms with Gasteiger partial charge in [0.15, 0.2) is 0 Å². The third-order valence-electron chi connectivity index (χ3n) is 4.76. The van der Waals surface area contributed by atoms with E-state index in [0.717, 1.165) is 20.8 Å². The number of carbonyl (C=O) groups is 1. The van der Waals surface area contributed by atoms with Crippen LogP contribution in [-0.4, -0.2) is 52.4 Å². The summed E-state index contributed by atoms with van der Waals surface area (Å²) in [7, 11) is -0.389. The minimum atomic E-state index is -3.75. The van der Waals surface area contributed by atoms with Crippen molar-refractivity contribution in [2.75, 3.05) is 38.6 Å². The number of carbonyl (C=O) groups excluding carboxylic acids is 1. The van der Waals surface area contributed by atoms with Crippen LogP contribution in [0.4, 0.5) is 5.69 Å². The molecule has 3 aromatic rings. The summed E-state index contributed by atoms with van der Waals surface area (Å²) in [6.07, 6.45) is 0. The number of para-hydroxylation sites is 1. The number of likely N-dealkylation sites (N-methyl/N-ethyl adjacent to an activating group) is 2. The first-order valence-corrected chi connectivity index (χ1v) is 10.8. The van der Waals surface area contributed by atoms with Crippen molar-refractivity contribution in [1.29, 1.82) is 0 Å². The van der Waals surface area contributed by atoms with Crippen molar-refractivity contribution in [2.24, 2.45) is 0 Å². The summed E-state index contributed by atoms with van der Waals surface area (Å²) in [5, 5.41) is 4.59. The first-order valence-electron chi connectivity index (χ1n) is 9.36. The van der Waals surface area contributed by atoms with Crippen LogP contribution in [0.2, 0.25) is 0 Å². The second kappa shape index (κ2) is 9.07. The van der Waals surface area contributed by atoms with E-state index in [1.165, 1.54) is 7.05 Å². The average molecular weight is 412 g/mol. The molecule has 0 saturated carbocycles. The summed E-state index contributed by atoms with van der Waals surface area (Å²) in [6.45, 7) is 0.815. The minimum absolute atomic E-state index is 0.176. The zero-order valence-corrected chi connectivity index (χ0v) is 17.4. The lowest BCUT2D eigenvalue weighted by Crippen LogP contribution is -2.40. The molecule has 0 aliphatic carbocycles. The highest BCUT2D eigenvalue weighted by Gasteiger charge is 2.23. The summed E-state index contributed by atoms with van der Waals surface area (Å²) in [4.78, 5) is 14.4. The van der Waals surface area contributed by atoms with Gasteiger partial charge in [0.25, 0.3) is 0 Å². The van der Waals surface area contributed by atoms with Crippen molar-refractivity contribution in [3.05, 3.63) is 72.8 Å². The van der Waals surface area contributed by atoms with Gasteiger partial charge in [0, 0.05) is 32.9 Å². The quantitative estimate of drug-likeness (QED) is 0.619. The van der Waals surface area contributed by atoms with Crippen molar-refractivity contribution >= 4 is 32.4 Å². The minimum Gasteiger partial charge on any atom is -0.373 e. The van der Waals surface area contributed by atoms with Crippen LogP contribution in [-0.2, 0) is 14.8 Å². The summed E-state index contributed by atoms with van der Waals surface area (Å²) in [5.74, 6) is -0.335. The Morgan fingerprint density at radius 2 is 1.55 bits per heavy atom. The van der Waals surface area contributed by atoms with Gasteiger partial charge in [-0.1, -0.05) is 48.5 Å². The van der Waals surface area contributed by atoms with Gasteiger partial charge in [0.05, 0.1) is 11.4 Å². The molecule has 0 radical (unpaired) electrons. The van der Waals surface area contributed by atoms with Gasteiger partial charge in [0.1, 0.15) is 0 Å². The summed E-state index contributed by atoms with van der Waals surface area (Å²) in [5.41, 5.74) is 1.05. The molecule has 0 bridgehead atoms. The molecular formula is C22H25N3O3S. The highest BCUT2D eigenvalue weighted by molar-refractivity contribution is 7.89. The standard InChI is InChI=1S/C22H25N3O3S/c1-24(20-10-4-3-5-11-20)15-14-23-22(26)17-25(2)29(27,28)21-13-12-18-8-6-7-9-19(18)16-21/h3-13,16H,14-15,17H2,1-2H3,(H,23,26). The molecule has 0 spiro atoms. The fourth-order valence-corrected chi connectivity index (χ4v) is 4.19. The Morgan fingerprint density at radius 1 is 0.897 bits per heavy atom. The molecule has 0 unspecified atom stereocenters. The van der Waals surface area contributed by atoms with Gasteiger partial charge >= 0.3 is 0 Å². The number of fused-ring (bicyclic) bond motifs is 1. The third kappa shape index (κ3) is 5.13. The summed E-state index contributed by atoms with van der Waals surface area (Å²) >= 11 is 0. The Kier molecular flexibility index (Phi) is 6.51. The Labute approximate surface area is 171 Å². The van der Waals surface area contributed by atoms with Crippen LogP contribution in [0.15, 0.2) is 77.7 Å². The van der Waals surface area contributed by atoms with Crippen LogP contribution >= 0.6 is 0 Å². The van der Waals surface area contributed by atoms with Crippen LogP contribution in [0.5, 0.6) is 0 Å². The van der Waals surface area contributed by atoms with E-state index in [1.54, 1.807) is 18.2 Å². The van der Waals surface area contributed by atoms with Gasteiger partial charge in [-0.25, -0.2) is 8.42 Å². The SMILES string of the molecule is CN(CCNC(=O)CN(C)S(=O)(=O)c1ccc2ccccc2c1)c1ccccc1. The number of benzene rings is 3. The molecule has 0 heterocycles. The molecule has 7 heteroatoms. The maximum Gasteiger partial charge on any atom is 0.243 e. The number of nitrogens with one attached hydrogen (secondary N) is 1. The van der Waals surface area contributed by atoms with Crippen LogP contribution in [0.25, 0.3) is 10.8 Å². The first-order chi connectivity index (χ1) is 13.9. The molecule has 6 nitrogen and oxygen atoms in total. The number of hydrogen-bond donors (Lipinski definition) is 1. The van der Waals surface area contributed by atoms with Crippen molar-refractivity contribution in [1.82, 2.24) is 9.62 Å². The van der Waals surface area contributed by atoms with E-state index in [1.807, 2.05) is 66.5 Å². The van der Waals surface area contributed by atoms with Crippen molar-refractivity contribution in [3.63, 3.8) is 0 Å². The molecule has 0 fully saturated rings. The van der Waals surface area contributed by atoms with E-state index in [2.05, 4.69) is 5.32 Å². The zero-order chi connectivity index (χ0) is 20.9. The molecule has 0 aromatic heterocycles. The number of sulfonamides is 1. The second-order valence-corrected chi connectivity index (χ2v) is 8.92. The number of anilines is 1. The van der Waals surface area contributed by atoms with E-state index in [0.29, 0.717) is 13.1 Å². The molecule has 0 aliphatic heterocycles. The lowest BCUT2D eigenvalue weighted by atomic mass is 10.1. The fourth-order valence-electron chi connectivity index (χ4n) is 3.03. The number of nitrogens with zero attached hydrogens (tertiary/aromatic N) is 2. The van der Waals surface area contributed by atoms with Crippen LogP contribution < -0.4 is 10.2 Å². The molecule has 1 N–H and O–H groups in total. The first kappa shape index (κ1) is 20.8. The van der Waals surface area contributed by atoms with E-state index in [9.17, 15) is 13.2 Å². The van der Waals surface area contributed by atoms with Gasteiger partial charge in [-0.3, -0.25) is 4.79 Å². The van der Waals surface area contributed by atoms with Gasteiger partial charge < -0.3 is 10.2 Å². The largest absolute Gasteiger partial charge is 0.373 e.